The first kappa shape index (κ1) is 20.4. The van der Waals surface area contributed by atoms with Gasteiger partial charge >= 0.3 is 6.18 Å². The molecule has 0 aliphatic rings. The van der Waals surface area contributed by atoms with Gasteiger partial charge in [-0.1, -0.05) is 49.5 Å². The first-order valence-corrected chi connectivity index (χ1v) is 9.97. The number of nitrogens with one attached hydrogen (secondary N) is 1. The zero-order valence-electron chi connectivity index (χ0n) is 14.9. The van der Waals surface area contributed by atoms with Crippen LogP contribution < -0.4 is 5.56 Å². The maximum Gasteiger partial charge on any atom is 0.416 e. The van der Waals surface area contributed by atoms with E-state index in [0.29, 0.717) is 26.7 Å². The average Bonchev–Trinajstić information content (AvgIpc) is 3.03. The lowest BCUT2D eigenvalue weighted by Crippen LogP contribution is -2.19. The molecule has 0 fully saturated rings. The minimum absolute atomic E-state index is 0.303. The molecule has 0 spiro atoms. The highest BCUT2D eigenvalue weighted by molar-refractivity contribution is 8.23. The van der Waals surface area contributed by atoms with Crippen LogP contribution in [0.1, 0.15) is 24.5 Å². The highest BCUT2D eigenvalue weighted by Crippen LogP contribution is 2.32. The number of benzene rings is 2. The van der Waals surface area contributed by atoms with Crippen molar-refractivity contribution < 1.29 is 13.2 Å². The lowest BCUT2D eigenvalue weighted by molar-refractivity contribution is -0.137. The van der Waals surface area contributed by atoms with Gasteiger partial charge in [-0.05, 0) is 36.4 Å². The summed E-state index contributed by atoms with van der Waals surface area (Å²) in [5.41, 5.74) is 0.734. The number of aromatic nitrogens is 2. The second-order valence-corrected chi connectivity index (χ2v) is 7.82. The Morgan fingerprint density at radius 3 is 2.32 bits per heavy atom. The summed E-state index contributed by atoms with van der Waals surface area (Å²) in [5.74, 6) is 0.751. The molecular weight excluding hydrogens is 405 g/mol. The summed E-state index contributed by atoms with van der Waals surface area (Å²) >= 11 is 6.85. The molecule has 3 rings (SSSR count). The smallest absolute Gasteiger partial charge is 0.290 e. The van der Waals surface area contributed by atoms with Crippen molar-refractivity contribution in [3.8, 4) is 16.9 Å². The number of hydrogen-bond donors (Lipinski definition) is 1. The summed E-state index contributed by atoms with van der Waals surface area (Å²) in [6.45, 7) is 2.01. The molecule has 8 heteroatoms. The molecule has 28 heavy (non-hydrogen) atoms. The molecule has 2 aromatic carbocycles. The van der Waals surface area contributed by atoms with Gasteiger partial charge in [-0.2, -0.15) is 13.2 Å². The minimum Gasteiger partial charge on any atom is -0.290 e. The fourth-order valence-electron chi connectivity index (χ4n) is 2.69. The zero-order valence-corrected chi connectivity index (χ0v) is 16.5. The number of para-hydroxylation sites is 1. The number of hydrogen-bond acceptors (Lipinski definition) is 3. The third-order valence-corrected chi connectivity index (χ3v) is 5.68. The second kappa shape index (κ2) is 8.36. The first-order valence-electron chi connectivity index (χ1n) is 8.58. The Kier molecular flexibility index (Phi) is 6.10. The number of halogens is 3. The van der Waals surface area contributed by atoms with Crippen LogP contribution in [0.4, 0.5) is 13.2 Å². The Labute approximate surface area is 169 Å². The van der Waals surface area contributed by atoms with E-state index in [9.17, 15) is 18.0 Å². The highest BCUT2D eigenvalue weighted by Gasteiger charge is 2.30. The van der Waals surface area contributed by atoms with Gasteiger partial charge in [-0.3, -0.25) is 9.89 Å². The van der Waals surface area contributed by atoms with Gasteiger partial charge in [-0.15, -0.1) is 11.8 Å². The molecule has 0 saturated carbocycles. The maximum absolute atomic E-state index is 13.0. The van der Waals surface area contributed by atoms with E-state index in [-0.39, 0.29) is 5.56 Å². The van der Waals surface area contributed by atoms with Gasteiger partial charge < -0.3 is 0 Å². The molecule has 1 aromatic heterocycles. The van der Waals surface area contributed by atoms with Crippen LogP contribution in [0.3, 0.4) is 0 Å². The summed E-state index contributed by atoms with van der Waals surface area (Å²) in [6.07, 6.45) is -3.53. The van der Waals surface area contributed by atoms with Crippen LogP contribution in [-0.2, 0) is 6.18 Å². The van der Waals surface area contributed by atoms with Gasteiger partial charge in [0, 0.05) is 5.56 Å². The van der Waals surface area contributed by atoms with Crippen LogP contribution in [-0.4, -0.2) is 19.7 Å². The number of thiocarbonyl (C=S) groups is 1. The van der Waals surface area contributed by atoms with Gasteiger partial charge in [0.15, 0.2) is 0 Å². The topological polar surface area (TPSA) is 37.8 Å². The van der Waals surface area contributed by atoms with E-state index in [1.54, 1.807) is 24.3 Å². The molecular formula is C20H17F3N2OS2. The predicted molar refractivity (Wildman–Crippen MR) is 111 cm³/mol. The Morgan fingerprint density at radius 1 is 1.11 bits per heavy atom. The highest BCUT2D eigenvalue weighted by atomic mass is 32.2. The van der Waals surface area contributed by atoms with Crippen LogP contribution in [0.2, 0.25) is 0 Å². The normalized spacial score (nSPS) is 11.6. The molecule has 146 valence electrons. The van der Waals surface area contributed by atoms with E-state index in [1.165, 1.54) is 28.6 Å². The van der Waals surface area contributed by atoms with Crippen molar-refractivity contribution in [2.75, 3.05) is 5.75 Å². The van der Waals surface area contributed by atoms with E-state index in [0.717, 1.165) is 24.3 Å². The molecule has 0 saturated heterocycles. The van der Waals surface area contributed by atoms with Crippen LogP contribution >= 0.6 is 24.0 Å². The van der Waals surface area contributed by atoms with Gasteiger partial charge in [0.1, 0.15) is 0 Å². The lowest BCUT2D eigenvalue weighted by Gasteiger charge is -2.08. The molecule has 0 atom stereocenters. The quantitative estimate of drug-likeness (QED) is 0.539. The fourth-order valence-corrected chi connectivity index (χ4v) is 3.85. The van der Waals surface area contributed by atoms with E-state index in [4.69, 9.17) is 12.2 Å². The number of alkyl halides is 3. The number of aromatic amines is 1. The lowest BCUT2D eigenvalue weighted by atomic mass is 10.1. The number of rotatable bonds is 5. The predicted octanol–water partition coefficient (Wildman–Crippen LogP) is 5.67. The number of thioether (sulfide) groups is 1. The fraction of sp³-hybridized carbons (Fsp3) is 0.200. The monoisotopic (exact) mass is 422 g/mol. The van der Waals surface area contributed by atoms with E-state index < -0.39 is 11.7 Å². The molecule has 1 N–H and O–H groups in total. The van der Waals surface area contributed by atoms with Gasteiger partial charge in [-0.25, -0.2) is 4.68 Å². The maximum atomic E-state index is 13.0. The number of nitrogens with zero attached hydrogens (tertiary/aromatic N) is 1. The van der Waals surface area contributed by atoms with Crippen LogP contribution in [0.15, 0.2) is 59.4 Å². The summed E-state index contributed by atoms with van der Waals surface area (Å²) in [7, 11) is 0. The standard InChI is InChI=1S/C20H17F3N2OS2/c1-2-12-28-19(27)16-17(13-8-10-14(11-9-13)20(21,22)23)24-25(18(16)26)15-6-4-3-5-7-15/h3-11,24H,2,12H2,1H3. The molecule has 0 bridgehead atoms. The molecule has 1 heterocycles. The zero-order chi connectivity index (χ0) is 20.3. The van der Waals surface area contributed by atoms with E-state index in [1.807, 2.05) is 13.0 Å². The Balaban J connectivity index is 2.13. The minimum atomic E-state index is -4.42. The Bertz CT molecular complexity index is 1020. The van der Waals surface area contributed by atoms with Crippen LogP contribution in [0.5, 0.6) is 0 Å². The van der Waals surface area contributed by atoms with Crippen molar-refractivity contribution in [2.24, 2.45) is 0 Å². The molecule has 0 amide bonds. The molecule has 0 unspecified atom stereocenters. The van der Waals surface area contributed by atoms with Crippen molar-refractivity contribution >= 4 is 28.2 Å². The molecule has 0 aliphatic heterocycles. The Hall–Kier alpha value is -2.32. The SMILES string of the molecule is CCCSC(=S)c1c(-c2ccc(C(F)(F)F)cc2)[nH]n(-c2ccccc2)c1=O. The van der Waals surface area contributed by atoms with Gasteiger partial charge in [0.05, 0.1) is 26.7 Å². The summed E-state index contributed by atoms with van der Waals surface area (Å²) in [4.78, 5) is 13.0. The van der Waals surface area contributed by atoms with Crippen molar-refractivity contribution in [3.63, 3.8) is 0 Å². The molecule has 0 radical (unpaired) electrons. The van der Waals surface area contributed by atoms with Crippen molar-refractivity contribution in [1.29, 1.82) is 0 Å². The third-order valence-electron chi connectivity index (χ3n) is 4.05. The molecule has 0 aliphatic carbocycles. The van der Waals surface area contributed by atoms with Gasteiger partial charge in [0.2, 0.25) is 0 Å². The summed E-state index contributed by atoms with van der Waals surface area (Å²) < 4.78 is 40.4. The summed E-state index contributed by atoms with van der Waals surface area (Å²) in [6, 6.07) is 13.6. The largest absolute Gasteiger partial charge is 0.416 e. The van der Waals surface area contributed by atoms with Crippen LogP contribution in [0.25, 0.3) is 16.9 Å². The van der Waals surface area contributed by atoms with Gasteiger partial charge in [0.25, 0.3) is 5.56 Å². The molecule has 3 aromatic rings. The van der Waals surface area contributed by atoms with Crippen molar-refractivity contribution in [2.45, 2.75) is 19.5 Å². The van der Waals surface area contributed by atoms with E-state index in [2.05, 4.69) is 5.10 Å². The van der Waals surface area contributed by atoms with Crippen molar-refractivity contribution in [1.82, 2.24) is 9.78 Å². The van der Waals surface area contributed by atoms with Crippen molar-refractivity contribution in [3.05, 3.63) is 76.1 Å². The number of H-pyrrole nitrogens is 1. The third kappa shape index (κ3) is 4.23. The second-order valence-electron chi connectivity index (χ2n) is 6.05. The first-order chi connectivity index (χ1) is 13.3. The summed E-state index contributed by atoms with van der Waals surface area (Å²) in [5, 5.41) is 3.02. The van der Waals surface area contributed by atoms with E-state index >= 15 is 0 Å². The Morgan fingerprint density at radius 2 is 1.75 bits per heavy atom. The van der Waals surface area contributed by atoms with Crippen LogP contribution in [0, 0.1) is 0 Å². The molecule has 3 nitrogen and oxygen atoms in total. The average molecular weight is 422 g/mol.